The molecule has 0 amide bonds. The molecule has 3 aromatic heterocycles. The zero-order valence-corrected chi connectivity index (χ0v) is 29.1. The molecule has 0 radical (unpaired) electrons. The number of hydrogen-bond donors (Lipinski definition) is 0. The molecule has 5 heteroatoms. The summed E-state index contributed by atoms with van der Waals surface area (Å²) in [6, 6.07) is 65.7. The molecule has 5 nitrogen and oxygen atoms in total. The first kappa shape index (κ1) is 30.3. The van der Waals surface area contributed by atoms with Crippen LogP contribution in [-0.2, 0) is 0 Å². The molecule has 0 saturated carbocycles. The molecule has 0 bridgehead atoms. The van der Waals surface area contributed by atoms with Gasteiger partial charge >= 0.3 is 0 Å². The van der Waals surface area contributed by atoms with Gasteiger partial charge in [-0.25, -0.2) is 4.98 Å². The second-order valence-corrected chi connectivity index (χ2v) is 13.6. The second kappa shape index (κ2) is 12.1. The summed E-state index contributed by atoms with van der Waals surface area (Å²) in [5, 5.41) is 4.35. The fraction of sp³-hybridized carbons (Fsp3) is 0. The number of hydrogen-bond acceptors (Lipinski definition) is 4. The Morgan fingerprint density at radius 1 is 0.444 bits per heavy atom. The molecule has 54 heavy (non-hydrogen) atoms. The van der Waals surface area contributed by atoms with Crippen LogP contribution in [0.1, 0.15) is 0 Å². The Hall–Kier alpha value is -7.37. The van der Waals surface area contributed by atoms with Gasteiger partial charge in [0.2, 0.25) is 5.89 Å². The van der Waals surface area contributed by atoms with Crippen molar-refractivity contribution in [1.29, 1.82) is 0 Å². The van der Waals surface area contributed by atoms with E-state index in [9.17, 15) is 0 Å². The quantitative estimate of drug-likeness (QED) is 0.174. The molecule has 11 aromatic rings. The third-order valence-corrected chi connectivity index (χ3v) is 10.4. The van der Waals surface area contributed by atoms with Crippen LogP contribution in [0.15, 0.2) is 197 Å². The molecule has 11 rings (SSSR count). The van der Waals surface area contributed by atoms with Gasteiger partial charge in [0, 0.05) is 38.8 Å². The lowest BCUT2D eigenvalue weighted by Crippen LogP contribution is -2.10. The van der Waals surface area contributed by atoms with Crippen LogP contribution in [0.5, 0.6) is 0 Å². The normalized spacial score (nSPS) is 11.7. The van der Waals surface area contributed by atoms with E-state index in [4.69, 9.17) is 13.8 Å². The summed E-state index contributed by atoms with van der Waals surface area (Å²) in [5.74, 6) is 0.600. The second-order valence-electron chi connectivity index (χ2n) is 13.6. The molecule has 3 heterocycles. The maximum absolute atomic E-state index is 6.41. The number of fused-ring (bicyclic) bond motifs is 8. The fourth-order valence-electron chi connectivity index (χ4n) is 7.98. The molecule has 0 N–H and O–H groups in total. The third kappa shape index (κ3) is 4.76. The third-order valence-electron chi connectivity index (χ3n) is 10.4. The summed E-state index contributed by atoms with van der Waals surface area (Å²) in [7, 11) is 0. The predicted molar refractivity (Wildman–Crippen MR) is 221 cm³/mol. The van der Waals surface area contributed by atoms with Crippen molar-refractivity contribution < 1.29 is 8.83 Å². The van der Waals surface area contributed by atoms with Gasteiger partial charge in [0.15, 0.2) is 5.58 Å². The summed E-state index contributed by atoms with van der Waals surface area (Å²) in [6.45, 7) is 0. The van der Waals surface area contributed by atoms with Crippen LogP contribution in [0.25, 0.3) is 83.1 Å². The van der Waals surface area contributed by atoms with E-state index >= 15 is 0 Å². The minimum absolute atomic E-state index is 0.600. The van der Waals surface area contributed by atoms with Gasteiger partial charge < -0.3 is 18.3 Å². The van der Waals surface area contributed by atoms with Gasteiger partial charge in [0.25, 0.3) is 0 Å². The average molecular weight is 694 g/mol. The molecule has 0 unspecified atom stereocenters. The van der Waals surface area contributed by atoms with Crippen molar-refractivity contribution in [2.75, 3.05) is 4.90 Å². The van der Waals surface area contributed by atoms with Crippen LogP contribution < -0.4 is 4.90 Å². The van der Waals surface area contributed by atoms with Gasteiger partial charge in [-0.3, -0.25) is 0 Å². The molecule has 0 saturated heterocycles. The monoisotopic (exact) mass is 693 g/mol. The van der Waals surface area contributed by atoms with E-state index in [1.54, 1.807) is 0 Å². The minimum Gasteiger partial charge on any atom is -0.456 e. The van der Waals surface area contributed by atoms with Crippen molar-refractivity contribution in [1.82, 2.24) is 9.55 Å². The molecule has 8 aromatic carbocycles. The number of para-hydroxylation sites is 3. The fourth-order valence-corrected chi connectivity index (χ4v) is 7.98. The lowest BCUT2D eigenvalue weighted by molar-refractivity contribution is 0.622. The van der Waals surface area contributed by atoms with E-state index in [0.29, 0.717) is 5.89 Å². The molecule has 0 spiro atoms. The number of benzene rings is 8. The highest BCUT2D eigenvalue weighted by Crippen LogP contribution is 2.44. The van der Waals surface area contributed by atoms with Gasteiger partial charge in [0.05, 0.1) is 22.1 Å². The number of oxazole rings is 1. The highest BCUT2D eigenvalue weighted by atomic mass is 16.4. The molecular weight excluding hydrogens is 663 g/mol. The van der Waals surface area contributed by atoms with Gasteiger partial charge in [-0.2, -0.15) is 0 Å². The largest absolute Gasteiger partial charge is 0.456 e. The van der Waals surface area contributed by atoms with Crippen LogP contribution in [0.4, 0.5) is 17.1 Å². The zero-order valence-electron chi connectivity index (χ0n) is 29.1. The van der Waals surface area contributed by atoms with Crippen LogP contribution in [0.3, 0.4) is 0 Å². The first-order chi connectivity index (χ1) is 26.8. The number of anilines is 3. The van der Waals surface area contributed by atoms with Crippen LogP contribution in [0.2, 0.25) is 0 Å². The van der Waals surface area contributed by atoms with E-state index in [0.717, 1.165) is 78.0 Å². The molecule has 0 aliphatic carbocycles. The predicted octanol–water partition coefficient (Wildman–Crippen LogP) is 13.6. The van der Waals surface area contributed by atoms with Crippen molar-refractivity contribution >= 4 is 71.9 Å². The SMILES string of the molecule is c1ccc(-c2nc3ccc4oc5ccc(-c6ccc(N(c7ccccc7)c7cccc8c7c7ccccc7n8-c7ccccc7)cc6)cc5c4c3o2)cc1. The lowest BCUT2D eigenvalue weighted by atomic mass is 10.0. The smallest absolute Gasteiger partial charge is 0.227 e. The maximum atomic E-state index is 6.41. The van der Waals surface area contributed by atoms with Gasteiger partial charge in [-0.15, -0.1) is 0 Å². The number of furan rings is 1. The lowest BCUT2D eigenvalue weighted by Gasteiger charge is -2.26. The zero-order chi connectivity index (χ0) is 35.6. The van der Waals surface area contributed by atoms with E-state index in [1.165, 1.54) is 16.3 Å². The standard InChI is InChI=1S/C49H31N3O2/c1-4-13-33(14-5-1)49-50-40-28-30-45-47(48(40)54-49)39-31-34(25-29-44(39)53-45)32-23-26-37(27-24-32)51(35-15-6-2-7-16-35)42-21-12-22-43-46(42)38-19-10-11-20-41(38)52(43)36-17-8-3-9-18-36/h1-31H. The van der Waals surface area contributed by atoms with Crippen LogP contribution in [-0.4, -0.2) is 9.55 Å². The molecule has 0 aliphatic rings. The van der Waals surface area contributed by atoms with Gasteiger partial charge in [-0.1, -0.05) is 97.1 Å². The summed E-state index contributed by atoms with van der Waals surface area (Å²) < 4.78 is 15.1. The van der Waals surface area contributed by atoms with E-state index in [1.807, 2.05) is 42.5 Å². The van der Waals surface area contributed by atoms with Crippen LogP contribution in [0, 0.1) is 0 Å². The van der Waals surface area contributed by atoms with E-state index in [-0.39, 0.29) is 0 Å². The highest BCUT2D eigenvalue weighted by Gasteiger charge is 2.21. The number of aromatic nitrogens is 2. The summed E-state index contributed by atoms with van der Waals surface area (Å²) in [4.78, 5) is 7.18. The first-order valence-electron chi connectivity index (χ1n) is 18.1. The van der Waals surface area contributed by atoms with E-state index in [2.05, 4.69) is 155 Å². The Labute approximate surface area is 310 Å². The van der Waals surface area contributed by atoms with Crippen molar-refractivity contribution in [3.8, 4) is 28.3 Å². The van der Waals surface area contributed by atoms with Crippen molar-refractivity contribution in [2.24, 2.45) is 0 Å². The van der Waals surface area contributed by atoms with Crippen molar-refractivity contribution in [2.45, 2.75) is 0 Å². The van der Waals surface area contributed by atoms with Crippen molar-refractivity contribution in [3.05, 3.63) is 188 Å². The first-order valence-corrected chi connectivity index (χ1v) is 18.1. The Bertz CT molecular complexity index is 3140. The van der Waals surface area contributed by atoms with E-state index < -0.39 is 0 Å². The Morgan fingerprint density at radius 2 is 1.11 bits per heavy atom. The molecule has 0 aliphatic heterocycles. The maximum Gasteiger partial charge on any atom is 0.227 e. The molecule has 0 atom stereocenters. The Kier molecular flexibility index (Phi) is 6.79. The summed E-state index contributed by atoms with van der Waals surface area (Å²) in [5.41, 5.74) is 13.0. The van der Waals surface area contributed by atoms with Gasteiger partial charge in [0.1, 0.15) is 16.7 Å². The minimum atomic E-state index is 0.600. The molecular formula is C49H31N3O2. The topological polar surface area (TPSA) is 47.3 Å². The summed E-state index contributed by atoms with van der Waals surface area (Å²) >= 11 is 0. The Morgan fingerprint density at radius 3 is 1.93 bits per heavy atom. The summed E-state index contributed by atoms with van der Waals surface area (Å²) in [6.07, 6.45) is 0. The highest BCUT2D eigenvalue weighted by molar-refractivity contribution is 6.18. The number of nitrogens with zero attached hydrogens (tertiary/aromatic N) is 3. The Balaban J connectivity index is 1.04. The van der Waals surface area contributed by atoms with Gasteiger partial charge in [-0.05, 0) is 102 Å². The van der Waals surface area contributed by atoms with Crippen LogP contribution >= 0.6 is 0 Å². The molecule has 254 valence electrons. The average Bonchev–Trinajstić information content (AvgIpc) is 3.94. The van der Waals surface area contributed by atoms with Crippen molar-refractivity contribution in [3.63, 3.8) is 0 Å². The number of rotatable bonds is 6. The molecule has 0 fully saturated rings.